The predicted octanol–water partition coefficient (Wildman–Crippen LogP) is 3.50. The second-order valence-electron chi connectivity index (χ2n) is 6.17. The van der Waals surface area contributed by atoms with Crippen LogP contribution in [-0.2, 0) is 10.0 Å². The van der Waals surface area contributed by atoms with Gasteiger partial charge in [0.15, 0.2) is 11.6 Å². The van der Waals surface area contributed by atoms with Gasteiger partial charge in [-0.1, -0.05) is 12.1 Å². The van der Waals surface area contributed by atoms with E-state index < -0.39 is 15.8 Å². The predicted molar refractivity (Wildman–Crippen MR) is 96.4 cm³/mol. The SMILES string of the molecule is O=S(=O)(NCCOc1ccccc1F)c1ccc(OC2CCCC2)cc1. The summed E-state index contributed by atoms with van der Waals surface area (Å²) in [7, 11) is -3.65. The van der Waals surface area contributed by atoms with Gasteiger partial charge in [0.05, 0.1) is 11.0 Å². The van der Waals surface area contributed by atoms with E-state index in [1.54, 1.807) is 24.3 Å². The van der Waals surface area contributed by atoms with E-state index in [0.29, 0.717) is 5.75 Å². The molecule has 0 spiro atoms. The van der Waals surface area contributed by atoms with Crippen LogP contribution in [0.4, 0.5) is 4.39 Å². The molecule has 0 heterocycles. The van der Waals surface area contributed by atoms with Gasteiger partial charge in [0.2, 0.25) is 10.0 Å². The normalized spacial score (nSPS) is 15.1. The second kappa shape index (κ2) is 8.51. The number of nitrogens with one attached hydrogen (secondary N) is 1. The van der Waals surface area contributed by atoms with Crippen LogP contribution in [0.1, 0.15) is 25.7 Å². The summed E-state index contributed by atoms with van der Waals surface area (Å²) in [6.07, 6.45) is 4.67. The Kier molecular flexibility index (Phi) is 6.11. The molecule has 1 aliphatic rings. The van der Waals surface area contributed by atoms with Gasteiger partial charge in [-0.05, 0) is 62.1 Å². The molecule has 1 saturated carbocycles. The fraction of sp³-hybridized carbons (Fsp3) is 0.368. The van der Waals surface area contributed by atoms with E-state index in [9.17, 15) is 12.8 Å². The number of hydrogen-bond acceptors (Lipinski definition) is 4. The van der Waals surface area contributed by atoms with Crippen molar-refractivity contribution in [2.24, 2.45) is 0 Å². The fourth-order valence-electron chi connectivity index (χ4n) is 2.88. The number of ether oxygens (including phenoxy) is 2. The minimum absolute atomic E-state index is 0.0308. The van der Waals surface area contributed by atoms with Crippen molar-refractivity contribution < 1.29 is 22.3 Å². The van der Waals surface area contributed by atoms with Crippen LogP contribution < -0.4 is 14.2 Å². The Morgan fingerprint density at radius 3 is 2.42 bits per heavy atom. The van der Waals surface area contributed by atoms with Crippen LogP contribution in [0.5, 0.6) is 11.5 Å². The van der Waals surface area contributed by atoms with E-state index in [2.05, 4.69) is 4.72 Å². The fourth-order valence-corrected chi connectivity index (χ4v) is 3.89. The summed E-state index contributed by atoms with van der Waals surface area (Å²) in [5.41, 5.74) is 0. The van der Waals surface area contributed by atoms with Gasteiger partial charge in [-0.25, -0.2) is 17.5 Å². The van der Waals surface area contributed by atoms with Crippen LogP contribution in [0.25, 0.3) is 0 Å². The highest BCUT2D eigenvalue weighted by atomic mass is 32.2. The van der Waals surface area contributed by atoms with Crippen molar-refractivity contribution >= 4 is 10.0 Å². The maximum absolute atomic E-state index is 13.4. The highest BCUT2D eigenvalue weighted by molar-refractivity contribution is 7.89. The molecule has 1 N–H and O–H groups in total. The van der Waals surface area contributed by atoms with Crippen molar-refractivity contribution in [1.82, 2.24) is 4.72 Å². The largest absolute Gasteiger partial charge is 0.490 e. The Hall–Kier alpha value is -2.12. The van der Waals surface area contributed by atoms with Gasteiger partial charge in [0.25, 0.3) is 0 Å². The third kappa shape index (κ3) is 4.95. The number of halogens is 1. The standard InChI is InChI=1S/C19H22FNO4S/c20-18-7-3-4-8-19(18)24-14-13-21-26(22,23)17-11-9-16(10-12-17)25-15-5-1-2-6-15/h3-4,7-12,15,21H,1-2,5-6,13-14H2. The average Bonchev–Trinajstić information content (AvgIpc) is 3.14. The van der Waals surface area contributed by atoms with Gasteiger partial charge in [-0.2, -0.15) is 0 Å². The molecule has 1 fully saturated rings. The van der Waals surface area contributed by atoms with Crippen LogP contribution >= 0.6 is 0 Å². The average molecular weight is 379 g/mol. The Balaban J connectivity index is 1.50. The van der Waals surface area contributed by atoms with Crippen molar-refractivity contribution in [1.29, 1.82) is 0 Å². The zero-order valence-electron chi connectivity index (χ0n) is 14.4. The lowest BCUT2D eigenvalue weighted by Gasteiger charge is -2.13. The molecule has 0 aliphatic heterocycles. The Morgan fingerprint density at radius 1 is 1.04 bits per heavy atom. The van der Waals surface area contributed by atoms with Crippen LogP contribution in [0.2, 0.25) is 0 Å². The zero-order chi connectivity index (χ0) is 18.4. The smallest absolute Gasteiger partial charge is 0.240 e. The molecule has 7 heteroatoms. The summed E-state index contributed by atoms with van der Waals surface area (Å²) >= 11 is 0. The van der Waals surface area contributed by atoms with E-state index >= 15 is 0 Å². The highest BCUT2D eigenvalue weighted by Crippen LogP contribution is 2.25. The molecule has 2 aromatic rings. The molecule has 0 radical (unpaired) electrons. The topological polar surface area (TPSA) is 64.6 Å². The number of hydrogen-bond donors (Lipinski definition) is 1. The van der Waals surface area contributed by atoms with Crippen LogP contribution in [-0.4, -0.2) is 27.7 Å². The van der Waals surface area contributed by atoms with Crippen LogP contribution in [0.3, 0.4) is 0 Å². The van der Waals surface area contributed by atoms with Crippen LogP contribution in [0.15, 0.2) is 53.4 Å². The molecular formula is C19H22FNO4S. The molecule has 5 nitrogen and oxygen atoms in total. The van der Waals surface area contributed by atoms with Gasteiger partial charge in [-0.3, -0.25) is 0 Å². The summed E-state index contributed by atoms with van der Waals surface area (Å²) in [6, 6.07) is 12.4. The number of para-hydroxylation sites is 1. The summed E-state index contributed by atoms with van der Waals surface area (Å²) in [6.45, 7) is 0.0695. The van der Waals surface area contributed by atoms with Crippen molar-refractivity contribution in [3.05, 3.63) is 54.3 Å². The Bertz CT molecular complexity index is 818. The van der Waals surface area contributed by atoms with E-state index in [1.165, 1.54) is 37.1 Å². The molecule has 0 aromatic heterocycles. The lowest BCUT2D eigenvalue weighted by atomic mass is 10.3. The quantitative estimate of drug-likeness (QED) is 0.713. The maximum atomic E-state index is 13.4. The zero-order valence-corrected chi connectivity index (χ0v) is 15.2. The van der Waals surface area contributed by atoms with Gasteiger partial charge >= 0.3 is 0 Å². The van der Waals surface area contributed by atoms with E-state index in [1.807, 2.05) is 0 Å². The molecular weight excluding hydrogens is 357 g/mol. The lowest BCUT2D eigenvalue weighted by molar-refractivity contribution is 0.210. The summed E-state index contributed by atoms with van der Waals surface area (Å²) in [5.74, 6) is 0.298. The minimum Gasteiger partial charge on any atom is -0.490 e. The highest BCUT2D eigenvalue weighted by Gasteiger charge is 2.17. The molecule has 0 saturated heterocycles. The van der Waals surface area contributed by atoms with Crippen molar-refractivity contribution in [3.63, 3.8) is 0 Å². The number of sulfonamides is 1. The molecule has 3 rings (SSSR count). The third-order valence-corrected chi connectivity index (χ3v) is 5.70. The van der Waals surface area contributed by atoms with Gasteiger partial charge in [0.1, 0.15) is 12.4 Å². The first-order chi connectivity index (χ1) is 12.5. The van der Waals surface area contributed by atoms with E-state index in [4.69, 9.17) is 9.47 Å². The molecule has 0 bridgehead atoms. The number of rotatable bonds is 8. The van der Waals surface area contributed by atoms with E-state index in [-0.39, 0.29) is 29.9 Å². The number of benzene rings is 2. The van der Waals surface area contributed by atoms with Gasteiger partial charge in [0, 0.05) is 6.54 Å². The van der Waals surface area contributed by atoms with E-state index in [0.717, 1.165) is 12.8 Å². The first kappa shape index (κ1) is 18.7. The van der Waals surface area contributed by atoms with Crippen molar-refractivity contribution in [3.8, 4) is 11.5 Å². The molecule has 26 heavy (non-hydrogen) atoms. The minimum atomic E-state index is -3.65. The monoisotopic (exact) mass is 379 g/mol. The summed E-state index contributed by atoms with van der Waals surface area (Å²) < 4.78 is 51.5. The second-order valence-corrected chi connectivity index (χ2v) is 7.94. The van der Waals surface area contributed by atoms with Crippen LogP contribution in [0, 0.1) is 5.82 Å². The van der Waals surface area contributed by atoms with Crippen molar-refractivity contribution in [2.75, 3.05) is 13.2 Å². The molecule has 0 atom stereocenters. The Morgan fingerprint density at radius 2 is 1.73 bits per heavy atom. The summed E-state index contributed by atoms with van der Waals surface area (Å²) in [4.78, 5) is 0.155. The molecule has 0 amide bonds. The molecule has 0 unspecified atom stereocenters. The molecule has 2 aromatic carbocycles. The third-order valence-electron chi connectivity index (χ3n) is 4.23. The van der Waals surface area contributed by atoms with Crippen molar-refractivity contribution in [2.45, 2.75) is 36.7 Å². The lowest BCUT2D eigenvalue weighted by Crippen LogP contribution is -2.28. The van der Waals surface area contributed by atoms with Gasteiger partial charge < -0.3 is 9.47 Å². The maximum Gasteiger partial charge on any atom is 0.240 e. The first-order valence-electron chi connectivity index (χ1n) is 8.68. The molecule has 1 aliphatic carbocycles. The molecule has 140 valence electrons. The first-order valence-corrected chi connectivity index (χ1v) is 10.2. The Labute approximate surface area is 153 Å². The van der Waals surface area contributed by atoms with Gasteiger partial charge in [-0.15, -0.1) is 0 Å². The summed E-state index contributed by atoms with van der Waals surface area (Å²) in [5, 5.41) is 0.